The molecule has 0 radical (unpaired) electrons. The Morgan fingerprint density at radius 3 is 2.67 bits per heavy atom. The van der Waals surface area contributed by atoms with Gasteiger partial charge in [0.05, 0.1) is 22.9 Å². The molecule has 1 aliphatic heterocycles. The van der Waals surface area contributed by atoms with E-state index in [1.54, 1.807) is 0 Å². The summed E-state index contributed by atoms with van der Waals surface area (Å²) in [5, 5.41) is 12.0. The van der Waals surface area contributed by atoms with Gasteiger partial charge in [0.2, 0.25) is 0 Å². The standard InChI is InChI=1S/C15H17F3N2O3S/c1-24(21,22)9-14(10-4-5-20-8-10)23-12-2-3-13(15(16,17)18)11(6-12)7-19/h2-3,6,10,14,20H,4-5,8-9H2,1H3. The molecule has 2 atom stereocenters. The SMILES string of the molecule is CS(=O)(=O)CC(Oc1ccc(C(F)(F)F)c(C#N)c1)C1CCNC1. The number of benzene rings is 1. The molecule has 1 aliphatic rings. The van der Waals surface area contributed by atoms with E-state index in [0.717, 1.165) is 31.0 Å². The number of rotatable bonds is 5. The molecule has 0 saturated carbocycles. The average molecular weight is 362 g/mol. The second-order valence-electron chi connectivity index (χ2n) is 5.82. The van der Waals surface area contributed by atoms with Crippen molar-refractivity contribution in [3.8, 4) is 11.8 Å². The van der Waals surface area contributed by atoms with Gasteiger partial charge in [-0.05, 0) is 31.2 Å². The highest BCUT2D eigenvalue weighted by atomic mass is 32.2. The summed E-state index contributed by atoms with van der Waals surface area (Å²) < 4.78 is 67.3. The second kappa shape index (κ2) is 6.99. The third-order valence-electron chi connectivity index (χ3n) is 3.80. The topological polar surface area (TPSA) is 79.2 Å². The molecule has 5 nitrogen and oxygen atoms in total. The van der Waals surface area contributed by atoms with Gasteiger partial charge < -0.3 is 10.1 Å². The van der Waals surface area contributed by atoms with Gasteiger partial charge >= 0.3 is 6.18 Å². The van der Waals surface area contributed by atoms with E-state index >= 15 is 0 Å². The summed E-state index contributed by atoms with van der Waals surface area (Å²) in [5.41, 5.74) is -1.60. The van der Waals surface area contributed by atoms with Crippen LogP contribution in [0.5, 0.6) is 5.75 Å². The average Bonchev–Trinajstić information content (AvgIpc) is 2.98. The smallest absolute Gasteiger partial charge is 0.417 e. The summed E-state index contributed by atoms with van der Waals surface area (Å²) >= 11 is 0. The number of nitriles is 1. The van der Waals surface area contributed by atoms with Gasteiger partial charge in [0, 0.05) is 18.7 Å². The van der Waals surface area contributed by atoms with Crippen LogP contribution in [0, 0.1) is 17.2 Å². The Bertz CT molecular complexity index is 735. The second-order valence-corrected chi connectivity index (χ2v) is 8.00. The van der Waals surface area contributed by atoms with E-state index in [4.69, 9.17) is 10.00 Å². The number of alkyl halides is 3. The number of ether oxygens (including phenoxy) is 1. The minimum absolute atomic E-state index is 0.0556. The summed E-state index contributed by atoms with van der Waals surface area (Å²) in [7, 11) is -3.33. The lowest BCUT2D eigenvalue weighted by Gasteiger charge is -2.24. The van der Waals surface area contributed by atoms with Gasteiger partial charge in [-0.3, -0.25) is 0 Å². The molecular weight excluding hydrogens is 345 g/mol. The molecule has 0 spiro atoms. The maximum Gasteiger partial charge on any atom is 0.417 e. The highest BCUT2D eigenvalue weighted by molar-refractivity contribution is 7.90. The van der Waals surface area contributed by atoms with Crippen molar-refractivity contribution >= 4 is 9.84 Å². The molecule has 1 N–H and O–H groups in total. The highest BCUT2D eigenvalue weighted by Crippen LogP contribution is 2.34. The van der Waals surface area contributed by atoms with Crippen LogP contribution < -0.4 is 10.1 Å². The number of nitrogens with one attached hydrogen (secondary N) is 1. The molecule has 1 aromatic carbocycles. The zero-order valence-electron chi connectivity index (χ0n) is 12.9. The molecule has 0 aromatic heterocycles. The Morgan fingerprint density at radius 2 is 2.17 bits per heavy atom. The quantitative estimate of drug-likeness (QED) is 0.866. The van der Waals surface area contributed by atoms with E-state index in [9.17, 15) is 21.6 Å². The van der Waals surface area contributed by atoms with Gasteiger partial charge in [-0.15, -0.1) is 0 Å². The van der Waals surface area contributed by atoms with Crippen molar-refractivity contribution in [1.29, 1.82) is 5.26 Å². The van der Waals surface area contributed by atoms with Gasteiger partial charge in [0.25, 0.3) is 0 Å². The summed E-state index contributed by atoms with van der Waals surface area (Å²) in [6.07, 6.45) is -3.52. The lowest BCUT2D eigenvalue weighted by atomic mass is 10.0. The van der Waals surface area contributed by atoms with E-state index in [1.807, 2.05) is 0 Å². The third kappa shape index (κ3) is 4.85. The van der Waals surface area contributed by atoms with Crippen molar-refractivity contribution in [2.24, 2.45) is 5.92 Å². The van der Waals surface area contributed by atoms with Crippen LogP contribution in [0.3, 0.4) is 0 Å². The van der Waals surface area contributed by atoms with Crippen molar-refractivity contribution in [3.63, 3.8) is 0 Å². The first-order valence-corrected chi connectivity index (χ1v) is 9.32. The van der Waals surface area contributed by atoms with Crippen LogP contribution in [0.15, 0.2) is 18.2 Å². The van der Waals surface area contributed by atoms with Crippen LogP contribution in [0.4, 0.5) is 13.2 Å². The first kappa shape index (κ1) is 18.5. The van der Waals surface area contributed by atoms with Crippen LogP contribution in [0.2, 0.25) is 0 Å². The number of halogens is 3. The first-order valence-electron chi connectivity index (χ1n) is 7.26. The molecule has 1 heterocycles. The maximum atomic E-state index is 12.8. The minimum atomic E-state index is -4.63. The lowest BCUT2D eigenvalue weighted by Crippen LogP contribution is -2.35. The third-order valence-corrected chi connectivity index (χ3v) is 4.73. The summed E-state index contributed by atoms with van der Waals surface area (Å²) in [4.78, 5) is 0. The van der Waals surface area contributed by atoms with Crippen LogP contribution in [-0.4, -0.2) is 39.6 Å². The maximum absolute atomic E-state index is 12.8. The largest absolute Gasteiger partial charge is 0.489 e. The fourth-order valence-corrected chi connectivity index (χ4v) is 3.61. The van der Waals surface area contributed by atoms with E-state index < -0.39 is 33.2 Å². The number of nitrogens with zero attached hydrogens (tertiary/aromatic N) is 1. The van der Waals surface area contributed by atoms with Gasteiger partial charge in [-0.1, -0.05) is 0 Å². The summed E-state index contributed by atoms with van der Waals surface area (Å²) in [6.45, 7) is 1.30. The molecular formula is C15H17F3N2O3S. The Morgan fingerprint density at radius 1 is 1.46 bits per heavy atom. The van der Waals surface area contributed by atoms with Crippen molar-refractivity contribution in [3.05, 3.63) is 29.3 Å². The summed E-state index contributed by atoms with van der Waals surface area (Å²) in [5.74, 6) is -0.241. The Labute approximate surface area is 138 Å². The zero-order chi connectivity index (χ0) is 18.0. The van der Waals surface area contributed by atoms with Crippen molar-refractivity contribution in [1.82, 2.24) is 5.32 Å². The number of hydrogen-bond acceptors (Lipinski definition) is 5. The van der Waals surface area contributed by atoms with Crippen LogP contribution >= 0.6 is 0 Å². The van der Waals surface area contributed by atoms with E-state index in [-0.39, 0.29) is 17.4 Å². The number of sulfone groups is 1. The molecule has 1 aromatic rings. The molecule has 9 heteroatoms. The normalized spacial score (nSPS) is 19.7. The monoisotopic (exact) mass is 362 g/mol. The summed E-state index contributed by atoms with van der Waals surface area (Å²) in [6, 6.07) is 4.39. The zero-order valence-corrected chi connectivity index (χ0v) is 13.7. The Hall–Kier alpha value is -1.79. The number of hydrogen-bond donors (Lipinski definition) is 1. The molecule has 1 saturated heterocycles. The molecule has 0 aliphatic carbocycles. The van der Waals surface area contributed by atoms with E-state index in [0.29, 0.717) is 13.0 Å². The Balaban J connectivity index is 2.27. The van der Waals surface area contributed by atoms with Crippen molar-refractivity contribution in [2.75, 3.05) is 25.1 Å². The van der Waals surface area contributed by atoms with Gasteiger partial charge in [0.15, 0.2) is 9.84 Å². The van der Waals surface area contributed by atoms with Gasteiger partial charge in [0.1, 0.15) is 11.9 Å². The molecule has 24 heavy (non-hydrogen) atoms. The van der Waals surface area contributed by atoms with Crippen LogP contribution in [-0.2, 0) is 16.0 Å². The molecule has 132 valence electrons. The fourth-order valence-electron chi connectivity index (χ4n) is 2.67. The molecule has 2 rings (SSSR count). The van der Waals surface area contributed by atoms with E-state index in [1.165, 1.54) is 6.07 Å². The van der Waals surface area contributed by atoms with Crippen LogP contribution in [0.1, 0.15) is 17.5 Å². The van der Waals surface area contributed by atoms with Gasteiger partial charge in [-0.2, -0.15) is 18.4 Å². The molecule has 0 amide bonds. The molecule has 2 unspecified atom stereocenters. The predicted molar refractivity (Wildman–Crippen MR) is 81.3 cm³/mol. The van der Waals surface area contributed by atoms with Crippen LogP contribution in [0.25, 0.3) is 0 Å². The van der Waals surface area contributed by atoms with Crippen molar-refractivity contribution in [2.45, 2.75) is 18.7 Å². The van der Waals surface area contributed by atoms with E-state index in [2.05, 4.69) is 5.32 Å². The fraction of sp³-hybridized carbons (Fsp3) is 0.533. The van der Waals surface area contributed by atoms with Gasteiger partial charge in [-0.25, -0.2) is 8.42 Å². The molecule has 1 fully saturated rings. The molecule has 0 bridgehead atoms. The first-order chi connectivity index (χ1) is 11.1. The highest BCUT2D eigenvalue weighted by Gasteiger charge is 2.34. The predicted octanol–water partition coefficient (Wildman–Crippen LogP) is 1.98. The lowest BCUT2D eigenvalue weighted by molar-refractivity contribution is -0.137. The van der Waals surface area contributed by atoms with Crippen molar-refractivity contribution < 1.29 is 26.3 Å². The minimum Gasteiger partial charge on any atom is -0.489 e. The Kier molecular flexibility index (Phi) is 5.40.